The van der Waals surface area contributed by atoms with E-state index < -0.39 is 0 Å². The quantitative estimate of drug-likeness (QED) is 0.575. The second-order valence-electron chi connectivity index (χ2n) is 5.32. The number of hydrogen-bond acceptors (Lipinski definition) is 3. The highest BCUT2D eigenvalue weighted by Crippen LogP contribution is 2.32. The number of rotatable bonds is 6. The normalized spacial score (nSPS) is 26.5. The van der Waals surface area contributed by atoms with Gasteiger partial charge >= 0.3 is 5.97 Å². The van der Waals surface area contributed by atoms with Gasteiger partial charge in [-0.25, -0.2) is 0 Å². The molecule has 0 saturated heterocycles. The third-order valence-corrected chi connectivity index (χ3v) is 3.60. The van der Waals surface area contributed by atoms with Crippen molar-refractivity contribution >= 4 is 5.97 Å². The van der Waals surface area contributed by atoms with Gasteiger partial charge in [0.2, 0.25) is 0 Å². The fourth-order valence-electron chi connectivity index (χ4n) is 2.55. The highest BCUT2D eigenvalue weighted by atomic mass is 16.5. The first-order valence-corrected chi connectivity index (χ1v) is 6.98. The van der Waals surface area contributed by atoms with Crippen molar-refractivity contribution in [2.75, 3.05) is 6.61 Å². The molecule has 3 heteroatoms. The lowest BCUT2D eigenvalue weighted by Crippen LogP contribution is -2.25. The lowest BCUT2D eigenvalue weighted by molar-refractivity contribution is -0.150. The average Bonchev–Trinajstić information content (AvgIpc) is 2.29. The molecule has 100 valence electrons. The molecule has 17 heavy (non-hydrogen) atoms. The highest BCUT2D eigenvalue weighted by Gasteiger charge is 2.27. The zero-order valence-electron chi connectivity index (χ0n) is 11.2. The van der Waals surface area contributed by atoms with Crippen LogP contribution in [-0.2, 0) is 9.53 Å². The van der Waals surface area contributed by atoms with E-state index in [-0.39, 0.29) is 18.0 Å². The monoisotopic (exact) mass is 242 g/mol. The lowest BCUT2D eigenvalue weighted by atomic mass is 9.80. The summed E-state index contributed by atoms with van der Waals surface area (Å²) in [4.78, 5) is 11.7. The molecule has 1 fully saturated rings. The summed E-state index contributed by atoms with van der Waals surface area (Å²) in [7, 11) is 0. The van der Waals surface area contributed by atoms with Crippen molar-refractivity contribution in [3.05, 3.63) is 0 Å². The Balaban J connectivity index is 2.19. The lowest BCUT2D eigenvalue weighted by Gasteiger charge is -2.27. The van der Waals surface area contributed by atoms with Gasteiger partial charge in [0, 0.05) is 0 Å². The van der Waals surface area contributed by atoms with Gasteiger partial charge in [-0.2, -0.15) is 0 Å². The molecule has 1 N–H and O–H groups in total. The van der Waals surface area contributed by atoms with Crippen LogP contribution in [0.5, 0.6) is 0 Å². The third kappa shape index (κ3) is 5.53. The number of aliphatic hydroxyl groups is 1. The van der Waals surface area contributed by atoms with Crippen molar-refractivity contribution in [3.63, 3.8) is 0 Å². The minimum atomic E-state index is -0.215. The van der Waals surface area contributed by atoms with Crippen molar-refractivity contribution in [3.8, 4) is 0 Å². The summed E-state index contributed by atoms with van der Waals surface area (Å²) in [5, 5.41) is 9.33. The van der Waals surface area contributed by atoms with E-state index in [1.54, 1.807) is 0 Å². The van der Waals surface area contributed by atoms with E-state index in [0.29, 0.717) is 12.5 Å². The fraction of sp³-hybridized carbons (Fsp3) is 0.929. The molecule has 1 unspecified atom stereocenters. The van der Waals surface area contributed by atoms with Crippen LogP contribution in [0.2, 0.25) is 0 Å². The van der Waals surface area contributed by atoms with E-state index in [1.165, 1.54) is 0 Å². The first-order valence-electron chi connectivity index (χ1n) is 6.98. The molecule has 0 spiro atoms. The Morgan fingerprint density at radius 1 is 1.35 bits per heavy atom. The van der Waals surface area contributed by atoms with Crippen LogP contribution in [0.25, 0.3) is 0 Å². The third-order valence-electron chi connectivity index (χ3n) is 3.60. The highest BCUT2D eigenvalue weighted by molar-refractivity contribution is 5.72. The topological polar surface area (TPSA) is 46.5 Å². The molecule has 1 rings (SSSR count). The van der Waals surface area contributed by atoms with E-state index in [9.17, 15) is 9.90 Å². The molecular weight excluding hydrogens is 216 g/mol. The smallest absolute Gasteiger partial charge is 0.308 e. The van der Waals surface area contributed by atoms with Gasteiger partial charge in [-0.1, -0.05) is 13.3 Å². The maximum atomic E-state index is 11.7. The number of esters is 1. The molecule has 1 aliphatic carbocycles. The molecule has 1 atom stereocenters. The number of carbonyl (C=O) groups excluding carboxylic acids is 1. The summed E-state index contributed by atoms with van der Waals surface area (Å²) in [5.41, 5.74) is 0. The Labute approximate surface area is 105 Å². The number of carbonyl (C=O) groups is 1. The number of aliphatic hydroxyl groups excluding tert-OH is 1. The van der Waals surface area contributed by atoms with Gasteiger partial charge in [-0.3, -0.25) is 4.79 Å². The molecule has 0 radical (unpaired) electrons. The second-order valence-corrected chi connectivity index (χ2v) is 5.32. The summed E-state index contributed by atoms with van der Waals surface area (Å²) in [6.45, 7) is 4.50. The van der Waals surface area contributed by atoms with Crippen LogP contribution in [0.1, 0.15) is 58.8 Å². The van der Waals surface area contributed by atoms with Gasteiger partial charge in [0.1, 0.15) is 0 Å². The summed E-state index contributed by atoms with van der Waals surface area (Å²) in [6.07, 6.45) is 6.66. The molecule has 0 bridgehead atoms. The van der Waals surface area contributed by atoms with Crippen LogP contribution >= 0.6 is 0 Å². The number of unbranched alkanes of at least 4 members (excludes halogenated alkanes) is 1. The van der Waals surface area contributed by atoms with Crippen molar-refractivity contribution in [2.24, 2.45) is 11.8 Å². The van der Waals surface area contributed by atoms with Crippen LogP contribution in [-0.4, -0.2) is 23.8 Å². The van der Waals surface area contributed by atoms with Crippen molar-refractivity contribution in [2.45, 2.75) is 64.9 Å². The van der Waals surface area contributed by atoms with Crippen LogP contribution in [0.3, 0.4) is 0 Å². The minimum absolute atomic E-state index is 0.00560. The SMILES string of the molecule is CCCCOC(=O)C1CCC(CC(C)O)CC1. The standard InChI is InChI=1S/C14H26O3/c1-3-4-9-17-14(16)13-7-5-12(6-8-13)10-11(2)15/h11-13,15H,3-10H2,1-2H3. The van der Waals surface area contributed by atoms with Gasteiger partial charge in [0.15, 0.2) is 0 Å². The Kier molecular flexibility index (Phi) is 6.56. The van der Waals surface area contributed by atoms with E-state index in [2.05, 4.69) is 6.92 Å². The summed E-state index contributed by atoms with van der Waals surface area (Å²) in [5.74, 6) is 0.695. The molecule has 1 aliphatic rings. The van der Waals surface area contributed by atoms with E-state index in [0.717, 1.165) is 44.9 Å². The van der Waals surface area contributed by atoms with Crippen molar-refractivity contribution in [1.82, 2.24) is 0 Å². The summed E-state index contributed by atoms with van der Waals surface area (Å²) < 4.78 is 5.25. The Morgan fingerprint density at radius 2 is 2.00 bits per heavy atom. The van der Waals surface area contributed by atoms with Crippen molar-refractivity contribution in [1.29, 1.82) is 0 Å². The maximum Gasteiger partial charge on any atom is 0.308 e. The number of hydrogen-bond donors (Lipinski definition) is 1. The van der Waals surface area contributed by atoms with E-state index in [1.807, 2.05) is 6.92 Å². The van der Waals surface area contributed by atoms with Gasteiger partial charge < -0.3 is 9.84 Å². The zero-order chi connectivity index (χ0) is 12.7. The largest absolute Gasteiger partial charge is 0.465 e. The molecule has 0 amide bonds. The van der Waals surface area contributed by atoms with Gasteiger partial charge in [-0.05, 0) is 51.4 Å². The molecule has 3 nitrogen and oxygen atoms in total. The summed E-state index contributed by atoms with van der Waals surface area (Å²) >= 11 is 0. The Bertz CT molecular complexity index is 218. The van der Waals surface area contributed by atoms with E-state index >= 15 is 0 Å². The van der Waals surface area contributed by atoms with E-state index in [4.69, 9.17) is 4.74 Å². The molecule has 0 heterocycles. The first kappa shape index (κ1) is 14.5. The molecule has 0 aromatic rings. The zero-order valence-corrected chi connectivity index (χ0v) is 11.2. The maximum absolute atomic E-state index is 11.7. The first-order chi connectivity index (χ1) is 8.13. The van der Waals surface area contributed by atoms with Crippen molar-refractivity contribution < 1.29 is 14.6 Å². The van der Waals surface area contributed by atoms with Gasteiger partial charge in [0.05, 0.1) is 18.6 Å². The summed E-state index contributed by atoms with van der Waals surface area (Å²) in [6, 6.07) is 0. The minimum Gasteiger partial charge on any atom is -0.465 e. The van der Waals surface area contributed by atoms with Gasteiger partial charge in [-0.15, -0.1) is 0 Å². The van der Waals surface area contributed by atoms with Crippen LogP contribution in [0.15, 0.2) is 0 Å². The predicted molar refractivity (Wildman–Crippen MR) is 67.6 cm³/mol. The molecule has 1 saturated carbocycles. The number of ether oxygens (including phenoxy) is 1. The van der Waals surface area contributed by atoms with Crippen LogP contribution in [0.4, 0.5) is 0 Å². The van der Waals surface area contributed by atoms with Gasteiger partial charge in [0.25, 0.3) is 0 Å². The van der Waals surface area contributed by atoms with Crippen LogP contribution in [0, 0.1) is 11.8 Å². The Morgan fingerprint density at radius 3 is 2.53 bits per heavy atom. The second kappa shape index (κ2) is 7.70. The molecule has 0 aromatic carbocycles. The molecule has 0 aromatic heterocycles. The molecular formula is C14H26O3. The Hall–Kier alpha value is -0.570. The fourth-order valence-corrected chi connectivity index (χ4v) is 2.55. The molecule has 0 aliphatic heterocycles. The van der Waals surface area contributed by atoms with Crippen LogP contribution < -0.4 is 0 Å². The predicted octanol–water partition coefficient (Wildman–Crippen LogP) is 2.91. The average molecular weight is 242 g/mol.